The van der Waals surface area contributed by atoms with E-state index in [0.717, 1.165) is 0 Å². The Balaban J connectivity index is 2.35. The number of halogens is 1. The van der Waals surface area contributed by atoms with E-state index in [2.05, 4.69) is 15.9 Å². The van der Waals surface area contributed by atoms with Crippen molar-refractivity contribution in [3.05, 3.63) is 23.8 Å². The third-order valence-corrected chi connectivity index (χ3v) is 4.98. The number of benzene rings is 1. The van der Waals surface area contributed by atoms with Gasteiger partial charge in [0.25, 0.3) is 0 Å². The molecule has 0 aliphatic carbocycles. The number of rotatable bonds is 2. The van der Waals surface area contributed by atoms with Crippen molar-refractivity contribution in [1.29, 1.82) is 0 Å². The Morgan fingerprint density at radius 3 is 2.67 bits per heavy atom. The summed E-state index contributed by atoms with van der Waals surface area (Å²) in [5.74, 6) is 1.09. The van der Waals surface area contributed by atoms with Gasteiger partial charge in [0.1, 0.15) is 4.57 Å². The van der Waals surface area contributed by atoms with Crippen LogP contribution < -0.4 is 9.47 Å². The standard InChI is InChI=1S/C8H8BrO5P/c9-8(15(10,11)12)5-1-2-6-7(3-5)14-4-13-6/h1-3,8H,4H2,(H2,10,11,12). The molecule has 1 atom stereocenters. The third-order valence-electron chi connectivity index (χ3n) is 1.97. The van der Waals surface area contributed by atoms with Gasteiger partial charge in [0.05, 0.1) is 0 Å². The molecule has 15 heavy (non-hydrogen) atoms. The Kier molecular flexibility index (Phi) is 2.77. The maximum absolute atomic E-state index is 11.0. The monoisotopic (exact) mass is 294 g/mol. The highest BCUT2D eigenvalue weighted by molar-refractivity contribution is 9.10. The summed E-state index contributed by atoms with van der Waals surface area (Å²) in [7, 11) is -4.18. The molecule has 1 aromatic rings. The number of ether oxygens (including phenoxy) is 2. The van der Waals surface area contributed by atoms with Gasteiger partial charge < -0.3 is 19.3 Å². The summed E-state index contributed by atoms with van der Waals surface area (Å²) in [6.45, 7) is 0.141. The van der Waals surface area contributed by atoms with Crippen LogP contribution in [0, 0.1) is 0 Å². The predicted molar refractivity (Wildman–Crippen MR) is 56.3 cm³/mol. The molecule has 5 nitrogen and oxygen atoms in total. The summed E-state index contributed by atoms with van der Waals surface area (Å²) >= 11 is 2.96. The molecular formula is C8H8BrO5P. The molecule has 1 aliphatic rings. The molecule has 0 radical (unpaired) electrons. The lowest BCUT2D eigenvalue weighted by Crippen LogP contribution is -1.93. The molecule has 0 amide bonds. The van der Waals surface area contributed by atoms with Crippen LogP contribution in [0.4, 0.5) is 0 Å². The summed E-state index contributed by atoms with van der Waals surface area (Å²) in [6.07, 6.45) is 0. The van der Waals surface area contributed by atoms with Gasteiger partial charge in [-0.3, -0.25) is 4.57 Å². The fourth-order valence-electron chi connectivity index (χ4n) is 1.26. The molecule has 0 fully saturated rings. The second-order valence-electron chi connectivity index (χ2n) is 3.04. The molecule has 0 bridgehead atoms. The van der Waals surface area contributed by atoms with E-state index in [1.54, 1.807) is 18.2 Å². The van der Waals surface area contributed by atoms with E-state index in [4.69, 9.17) is 19.3 Å². The molecule has 0 aromatic heterocycles. The van der Waals surface area contributed by atoms with Gasteiger partial charge in [0.15, 0.2) is 11.5 Å². The Bertz CT molecular complexity index is 429. The smallest absolute Gasteiger partial charge is 0.343 e. The van der Waals surface area contributed by atoms with Gasteiger partial charge in [0, 0.05) is 0 Å². The van der Waals surface area contributed by atoms with Gasteiger partial charge in [0.2, 0.25) is 6.79 Å². The van der Waals surface area contributed by atoms with E-state index in [0.29, 0.717) is 17.1 Å². The molecule has 2 N–H and O–H groups in total. The number of hydrogen-bond acceptors (Lipinski definition) is 3. The largest absolute Gasteiger partial charge is 0.454 e. The first kappa shape index (κ1) is 11.0. The van der Waals surface area contributed by atoms with Crippen LogP contribution >= 0.6 is 23.5 Å². The Labute approximate surface area is 94.3 Å². The van der Waals surface area contributed by atoms with E-state index >= 15 is 0 Å². The minimum atomic E-state index is -4.18. The van der Waals surface area contributed by atoms with Crippen molar-refractivity contribution < 1.29 is 23.8 Å². The highest BCUT2D eigenvalue weighted by atomic mass is 79.9. The molecule has 1 heterocycles. The van der Waals surface area contributed by atoms with Crippen molar-refractivity contribution in [2.45, 2.75) is 4.57 Å². The summed E-state index contributed by atoms with van der Waals surface area (Å²) in [5, 5.41) is 0. The quantitative estimate of drug-likeness (QED) is 0.644. The van der Waals surface area contributed by atoms with Crippen molar-refractivity contribution in [3.63, 3.8) is 0 Å². The van der Waals surface area contributed by atoms with E-state index in [1.807, 2.05) is 0 Å². The van der Waals surface area contributed by atoms with Crippen molar-refractivity contribution in [2.24, 2.45) is 0 Å². The molecular weight excluding hydrogens is 287 g/mol. The van der Waals surface area contributed by atoms with E-state index in [-0.39, 0.29) is 6.79 Å². The van der Waals surface area contributed by atoms with Crippen LogP contribution in [0.25, 0.3) is 0 Å². The zero-order valence-electron chi connectivity index (χ0n) is 7.46. The summed E-state index contributed by atoms with van der Waals surface area (Å²) in [4.78, 5) is 18.0. The predicted octanol–water partition coefficient (Wildman–Crippen LogP) is 1.99. The van der Waals surface area contributed by atoms with Crippen molar-refractivity contribution >= 4 is 23.5 Å². The highest BCUT2D eigenvalue weighted by Crippen LogP contribution is 2.56. The van der Waals surface area contributed by atoms with Crippen LogP contribution in [0.5, 0.6) is 11.5 Å². The van der Waals surface area contributed by atoms with Crippen molar-refractivity contribution in [2.75, 3.05) is 6.79 Å². The summed E-state index contributed by atoms with van der Waals surface area (Å²) < 4.78 is 20.2. The Morgan fingerprint density at radius 2 is 2.00 bits per heavy atom. The average molecular weight is 295 g/mol. The highest BCUT2D eigenvalue weighted by Gasteiger charge is 2.29. The van der Waals surface area contributed by atoms with Gasteiger partial charge in [-0.1, -0.05) is 22.0 Å². The SMILES string of the molecule is O=P(O)(O)C(Br)c1ccc2c(c1)OCO2. The second kappa shape index (κ2) is 3.79. The fourth-order valence-corrected chi connectivity index (χ4v) is 2.09. The minimum absolute atomic E-state index is 0.141. The molecule has 1 aromatic carbocycles. The molecule has 82 valence electrons. The average Bonchev–Trinajstić information content (AvgIpc) is 2.61. The molecule has 0 saturated heterocycles. The Hall–Kier alpha value is -0.550. The second-order valence-corrected chi connectivity index (χ2v) is 6.36. The van der Waals surface area contributed by atoms with Gasteiger partial charge in [-0.2, -0.15) is 0 Å². The van der Waals surface area contributed by atoms with Gasteiger partial charge >= 0.3 is 7.60 Å². The first-order valence-corrected chi connectivity index (χ1v) is 6.67. The van der Waals surface area contributed by atoms with E-state index < -0.39 is 12.2 Å². The van der Waals surface area contributed by atoms with Crippen LogP contribution in [-0.2, 0) is 4.57 Å². The normalized spacial score (nSPS) is 16.5. The minimum Gasteiger partial charge on any atom is -0.454 e. The van der Waals surface area contributed by atoms with Gasteiger partial charge in [-0.25, -0.2) is 0 Å². The first-order valence-electron chi connectivity index (χ1n) is 4.07. The maximum atomic E-state index is 11.0. The van der Waals surface area contributed by atoms with Crippen molar-refractivity contribution in [1.82, 2.24) is 0 Å². The van der Waals surface area contributed by atoms with Crippen LogP contribution in [0.15, 0.2) is 18.2 Å². The van der Waals surface area contributed by atoms with E-state index in [1.165, 1.54) is 0 Å². The molecule has 7 heteroatoms. The van der Waals surface area contributed by atoms with Gasteiger partial charge in [-0.05, 0) is 17.7 Å². The molecule has 0 saturated carbocycles. The van der Waals surface area contributed by atoms with Crippen LogP contribution in [0.1, 0.15) is 10.1 Å². The van der Waals surface area contributed by atoms with Crippen LogP contribution in [-0.4, -0.2) is 16.6 Å². The summed E-state index contributed by atoms with van der Waals surface area (Å²) in [6, 6.07) is 4.77. The zero-order chi connectivity index (χ0) is 11.1. The number of fused-ring (bicyclic) bond motifs is 1. The van der Waals surface area contributed by atoms with Crippen molar-refractivity contribution in [3.8, 4) is 11.5 Å². The number of alkyl halides is 1. The first-order chi connectivity index (χ1) is 6.98. The molecule has 2 rings (SSSR count). The molecule has 1 unspecified atom stereocenters. The number of hydrogen-bond donors (Lipinski definition) is 2. The fraction of sp³-hybridized carbons (Fsp3) is 0.250. The lowest BCUT2D eigenvalue weighted by Gasteiger charge is -2.12. The topological polar surface area (TPSA) is 76.0 Å². The van der Waals surface area contributed by atoms with E-state index in [9.17, 15) is 4.57 Å². The van der Waals surface area contributed by atoms with Gasteiger partial charge in [-0.15, -0.1) is 0 Å². The molecule has 1 aliphatic heterocycles. The molecule has 0 spiro atoms. The lowest BCUT2D eigenvalue weighted by molar-refractivity contribution is 0.174. The zero-order valence-corrected chi connectivity index (χ0v) is 9.94. The maximum Gasteiger partial charge on any atom is 0.343 e. The Morgan fingerprint density at radius 1 is 1.33 bits per heavy atom. The van der Waals surface area contributed by atoms with Crippen LogP contribution in [0.3, 0.4) is 0 Å². The summed E-state index contributed by atoms with van der Waals surface area (Å²) in [5.41, 5.74) is 0.465. The third kappa shape index (κ3) is 2.18. The lowest BCUT2D eigenvalue weighted by atomic mass is 10.2. The van der Waals surface area contributed by atoms with Crippen LogP contribution in [0.2, 0.25) is 0 Å².